The van der Waals surface area contributed by atoms with Gasteiger partial charge in [0.2, 0.25) is 20.0 Å². The molecule has 12 nitrogen and oxygen atoms in total. The normalized spacial score (nSPS) is 33.5. The van der Waals surface area contributed by atoms with Crippen molar-refractivity contribution < 1.29 is 65.5 Å². The molecule has 68 heavy (non-hydrogen) atoms. The molecule has 4 atom stereocenters. The van der Waals surface area contributed by atoms with E-state index in [4.69, 9.17) is 23.2 Å². The van der Waals surface area contributed by atoms with Gasteiger partial charge in [-0.2, -0.15) is 9.44 Å². The van der Waals surface area contributed by atoms with Crippen LogP contribution in [0.2, 0.25) is 10.0 Å². The predicted octanol–water partition coefficient (Wildman–Crippen LogP) is 6.78. The van der Waals surface area contributed by atoms with Crippen molar-refractivity contribution in [3.8, 4) is 0 Å². The van der Waals surface area contributed by atoms with Gasteiger partial charge in [-0.3, -0.25) is 19.2 Å². The van der Waals surface area contributed by atoms with Crippen LogP contribution in [-0.2, 0) is 39.2 Å². The standard InChI is InChI=1S/C26H34ClNO4S.C25H32ClNO5S.Li.H2O/c1-16-22(27)6-5-7-23(16)33(31,32)28-26(8-3-4-9-26)24(30)12-21-19-10-18-11-20(21)15-25(13-18,14-19)17(2)29;1-15-20(26)5-4-6-21(15)33(31,32)27-25(7-2-3-8-25)22(28)11-19-17-9-16-10-18(19)14-24(12-16,13-17)23(29)30;;/h5-7,18-21,28H,3-4,8-15H2,1-2H3;4-6,16-19,27H,2-3,7-14H2,1H3,(H,29,30);;1H2/q;;+1;/p-1. The monoisotopic (exact) mass is 1010 g/mol. The first-order valence-corrected chi connectivity index (χ1v) is 28.2. The number of carbonyl (C=O) groups is 4. The molecular weight excluding hydrogens is 943 g/mol. The third-order valence-electron chi connectivity index (χ3n) is 18.6. The minimum atomic E-state index is -3.92. The molecule has 2 aromatic carbocycles. The van der Waals surface area contributed by atoms with E-state index < -0.39 is 42.5 Å². The van der Waals surface area contributed by atoms with Crippen LogP contribution in [0.4, 0.5) is 0 Å². The predicted molar refractivity (Wildman–Crippen MR) is 254 cm³/mol. The quantitative estimate of drug-likeness (QED) is 0.169. The van der Waals surface area contributed by atoms with Gasteiger partial charge in [0, 0.05) is 28.3 Å². The smallest absolute Gasteiger partial charge is 0.870 e. The Hall–Kier alpha value is -2.12. The Morgan fingerprint density at radius 1 is 0.603 bits per heavy atom. The molecule has 10 aliphatic rings. The van der Waals surface area contributed by atoms with Crippen molar-refractivity contribution >= 4 is 66.6 Å². The maximum Gasteiger partial charge on any atom is 1.00 e. The first kappa shape index (κ1) is 53.7. The average molecular weight is 1010 g/mol. The number of Topliss-reactive ketones (excluding diaryl/α,β-unsaturated/α-hetero) is 3. The van der Waals surface area contributed by atoms with Crippen molar-refractivity contribution in [3.05, 3.63) is 57.6 Å². The summed E-state index contributed by atoms with van der Waals surface area (Å²) in [6.07, 6.45) is 15.4. The first-order chi connectivity index (χ1) is 31.1. The minimum absolute atomic E-state index is 0. The van der Waals surface area contributed by atoms with Crippen LogP contribution in [0, 0.1) is 72.0 Å². The van der Waals surface area contributed by atoms with E-state index in [0.29, 0.717) is 102 Å². The molecule has 0 aromatic heterocycles. The van der Waals surface area contributed by atoms with Gasteiger partial charge in [-0.1, -0.05) is 61.0 Å². The SMILES string of the molecule is CC(=O)C12CC3CC(C1)C(CC(=O)C1(NS(=O)(=O)c4cccc(Cl)c4C)CCCC1)C(C3)C2.Cc1c(Cl)cccc1S(=O)(=O)NC1(C(=O)CC2C3CC4CC2CC(C(=O)O)(C4)C3)CCCC1.[Li+].[OH-]. The molecule has 0 radical (unpaired) electrons. The number of carbonyl (C=O) groups excluding carboxylic acids is 3. The zero-order valence-electron chi connectivity index (χ0n) is 40.0. The van der Waals surface area contributed by atoms with E-state index in [1.54, 1.807) is 51.1 Å². The summed E-state index contributed by atoms with van der Waals surface area (Å²) in [5.74, 6) is 2.49. The topological polar surface area (TPSA) is 211 Å². The molecule has 0 saturated heterocycles. The number of aliphatic carboxylic acids is 1. The summed E-state index contributed by atoms with van der Waals surface area (Å²) in [5, 5.41) is 10.7. The molecule has 0 spiro atoms. The summed E-state index contributed by atoms with van der Waals surface area (Å²) in [7, 11) is -7.80. The minimum Gasteiger partial charge on any atom is -0.870 e. The number of halogens is 2. The maximum absolute atomic E-state index is 13.8. The Morgan fingerprint density at radius 2 is 0.941 bits per heavy atom. The van der Waals surface area contributed by atoms with Crippen molar-refractivity contribution in [2.45, 2.75) is 170 Å². The summed E-state index contributed by atoms with van der Waals surface area (Å²) >= 11 is 12.3. The van der Waals surface area contributed by atoms with Crippen LogP contribution < -0.4 is 28.3 Å². The van der Waals surface area contributed by atoms with Gasteiger partial charge in [-0.05, 0) is 193 Å². The molecular formula is C51H67Cl2LiN2O10S2. The fourth-order valence-corrected chi connectivity index (χ4v) is 19.5. The van der Waals surface area contributed by atoms with Crippen molar-refractivity contribution in [3.63, 3.8) is 0 Å². The fraction of sp³-hybridized carbons (Fsp3) is 0.686. The molecule has 10 fully saturated rings. The Bertz CT molecular complexity index is 2340. The van der Waals surface area contributed by atoms with Crippen LogP contribution in [-0.4, -0.2) is 61.8 Å². The Morgan fingerprint density at radius 3 is 1.28 bits per heavy atom. The second-order valence-electron chi connectivity index (χ2n) is 22.5. The van der Waals surface area contributed by atoms with Gasteiger partial charge in [0.25, 0.3) is 0 Å². The van der Waals surface area contributed by atoms with Crippen molar-refractivity contribution in [2.75, 3.05) is 0 Å². The largest absolute Gasteiger partial charge is 1.00 e. The second-order valence-corrected chi connectivity index (χ2v) is 26.6. The number of sulfonamides is 2. The van der Waals surface area contributed by atoms with E-state index in [9.17, 15) is 41.1 Å². The number of nitrogens with one attached hydrogen (secondary N) is 2. The summed E-state index contributed by atoms with van der Waals surface area (Å²) in [6, 6.07) is 9.65. The van der Waals surface area contributed by atoms with Crippen molar-refractivity contribution in [1.82, 2.24) is 9.44 Å². The van der Waals surface area contributed by atoms with E-state index in [2.05, 4.69) is 9.44 Å². The van der Waals surface area contributed by atoms with E-state index in [0.717, 1.165) is 77.0 Å². The molecule has 0 amide bonds. The number of hydrogen-bond donors (Lipinski definition) is 3. The number of rotatable bonds is 14. The average Bonchev–Trinajstić information content (AvgIpc) is 3.93. The Balaban J connectivity index is 0.000000196. The van der Waals surface area contributed by atoms with E-state index in [1.165, 1.54) is 6.07 Å². The maximum atomic E-state index is 13.8. The number of benzene rings is 2. The summed E-state index contributed by atoms with van der Waals surface area (Å²) in [6.45, 7) is 5.11. The van der Waals surface area contributed by atoms with Gasteiger partial charge in [-0.25, -0.2) is 16.8 Å². The van der Waals surface area contributed by atoms with Gasteiger partial charge in [-0.15, -0.1) is 0 Å². The van der Waals surface area contributed by atoms with Crippen LogP contribution in [0.25, 0.3) is 0 Å². The number of carboxylic acid groups (broad SMARTS) is 1. The van der Waals surface area contributed by atoms with Crippen LogP contribution in [0.15, 0.2) is 46.2 Å². The summed E-state index contributed by atoms with van der Waals surface area (Å²) in [5.41, 5.74) is -1.89. The molecule has 8 bridgehead atoms. The van der Waals surface area contributed by atoms with E-state index in [1.807, 2.05) is 0 Å². The Kier molecular flexibility index (Phi) is 15.6. The van der Waals surface area contributed by atoms with Crippen molar-refractivity contribution in [2.24, 2.45) is 58.2 Å². The van der Waals surface area contributed by atoms with Gasteiger partial charge in [0.05, 0.1) is 26.3 Å². The molecule has 2 aromatic rings. The molecule has 0 aliphatic heterocycles. The van der Waals surface area contributed by atoms with Gasteiger partial charge in [0.15, 0.2) is 11.6 Å². The molecule has 4 N–H and O–H groups in total. The molecule has 12 rings (SSSR count). The molecule has 10 saturated carbocycles. The van der Waals surface area contributed by atoms with Crippen LogP contribution in [0.3, 0.4) is 0 Å². The zero-order valence-corrected chi connectivity index (χ0v) is 43.1. The molecule has 0 heterocycles. The van der Waals surface area contributed by atoms with Crippen molar-refractivity contribution in [1.29, 1.82) is 0 Å². The molecule has 10 aliphatic carbocycles. The molecule has 368 valence electrons. The van der Waals surface area contributed by atoms with Crippen LogP contribution >= 0.6 is 23.2 Å². The fourth-order valence-electron chi connectivity index (χ4n) is 15.7. The third kappa shape index (κ3) is 9.64. The first-order valence-electron chi connectivity index (χ1n) is 24.5. The Labute approximate surface area is 424 Å². The molecule has 4 unspecified atom stereocenters. The van der Waals surface area contributed by atoms with Crippen LogP contribution in [0.5, 0.6) is 0 Å². The number of carboxylic acids is 1. The van der Waals surface area contributed by atoms with Gasteiger partial charge < -0.3 is 10.6 Å². The van der Waals surface area contributed by atoms with E-state index in [-0.39, 0.29) is 74.8 Å². The summed E-state index contributed by atoms with van der Waals surface area (Å²) in [4.78, 5) is 52.3. The number of ketones is 3. The van der Waals surface area contributed by atoms with E-state index >= 15 is 0 Å². The molecule has 17 heteroatoms. The van der Waals surface area contributed by atoms with Crippen LogP contribution in [0.1, 0.15) is 146 Å². The number of hydrogen-bond acceptors (Lipinski definition) is 9. The third-order valence-corrected chi connectivity index (χ3v) is 22.8. The summed E-state index contributed by atoms with van der Waals surface area (Å²) < 4.78 is 59.1. The second kappa shape index (κ2) is 19.7. The zero-order chi connectivity index (χ0) is 47.2. The van der Waals surface area contributed by atoms with Gasteiger partial charge in [0.1, 0.15) is 5.78 Å². The van der Waals surface area contributed by atoms with Gasteiger partial charge >= 0.3 is 24.8 Å².